The molecule has 3 rings (SSSR count). The highest BCUT2D eigenvalue weighted by Crippen LogP contribution is 2.28. The van der Waals surface area contributed by atoms with Gasteiger partial charge in [-0.05, 0) is 36.2 Å². The molecule has 0 aromatic heterocycles. The largest absolute Gasteiger partial charge is 0.348 e. The van der Waals surface area contributed by atoms with E-state index in [4.69, 9.17) is 0 Å². The lowest BCUT2D eigenvalue weighted by Gasteiger charge is -2.16. The smallest absolute Gasteiger partial charge is 0.251 e. The summed E-state index contributed by atoms with van der Waals surface area (Å²) >= 11 is 0. The second-order valence-corrected chi connectivity index (χ2v) is 8.30. The zero-order chi connectivity index (χ0) is 18.9. The lowest BCUT2D eigenvalue weighted by atomic mass is 10.1. The van der Waals surface area contributed by atoms with E-state index in [2.05, 4.69) is 5.32 Å². The molecule has 1 aliphatic heterocycles. The first-order chi connectivity index (χ1) is 12.3. The fourth-order valence-electron chi connectivity index (χ4n) is 2.95. The number of aryl methyl sites for hydroxylation is 1. The Kier molecular flexibility index (Phi) is 4.82. The van der Waals surface area contributed by atoms with Gasteiger partial charge in [0.25, 0.3) is 5.91 Å². The van der Waals surface area contributed by atoms with Crippen molar-refractivity contribution < 1.29 is 18.0 Å². The van der Waals surface area contributed by atoms with Gasteiger partial charge in [0, 0.05) is 12.1 Å². The standard InChI is InChI=1S/C19H20N2O4S/c1-13-6-3-4-7-16(13)11-20-18(22)15-8-5-9-17(10-15)21-19(23)14(2)12-26(21,24)25/h3-10,14H,11-12H2,1-2H3,(H,20,22). The first kappa shape index (κ1) is 18.1. The Morgan fingerprint density at radius 3 is 2.58 bits per heavy atom. The molecule has 2 aromatic carbocycles. The van der Waals surface area contributed by atoms with Gasteiger partial charge in [0.1, 0.15) is 0 Å². The van der Waals surface area contributed by atoms with Crippen molar-refractivity contribution in [2.45, 2.75) is 20.4 Å². The molecule has 0 radical (unpaired) electrons. The highest BCUT2D eigenvalue weighted by molar-refractivity contribution is 7.94. The van der Waals surface area contributed by atoms with Crippen LogP contribution in [0, 0.1) is 12.8 Å². The number of hydrogen-bond acceptors (Lipinski definition) is 4. The molecule has 1 saturated heterocycles. The van der Waals surface area contributed by atoms with Crippen LogP contribution in [0.5, 0.6) is 0 Å². The summed E-state index contributed by atoms with van der Waals surface area (Å²) in [6.45, 7) is 3.92. The lowest BCUT2D eigenvalue weighted by molar-refractivity contribution is -0.119. The predicted molar refractivity (Wildman–Crippen MR) is 99.2 cm³/mol. The zero-order valence-corrected chi connectivity index (χ0v) is 15.4. The van der Waals surface area contributed by atoms with E-state index in [1.807, 2.05) is 31.2 Å². The minimum absolute atomic E-state index is 0.197. The van der Waals surface area contributed by atoms with Gasteiger partial charge in [-0.15, -0.1) is 0 Å². The molecule has 136 valence electrons. The lowest BCUT2D eigenvalue weighted by Crippen LogP contribution is -2.30. The molecular formula is C19H20N2O4S. The third-order valence-corrected chi connectivity index (χ3v) is 6.27. The van der Waals surface area contributed by atoms with Crippen LogP contribution >= 0.6 is 0 Å². The normalized spacial score (nSPS) is 18.8. The van der Waals surface area contributed by atoms with Gasteiger partial charge in [-0.3, -0.25) is 9.59 Å². The average molecular weight is 372 g/mol. The Morgan fingerprint density at radius 2 is 1.92 bits per heavy atom. The van der Waals surface area contributed by atoms with Crippen LogP contribution in [0.1, 0.15) is 28.4 Å². The molecule has 1 fully saturated rings. The van der Waals surface area contributed by atoms with Crippen molar-refractivity contribution >= 4 is 27.5 Å². The second-order valence-electron chi connectivity index (χ2n) is 6.44. The fourth-order valence-corrected chi connectivity index (χ4v) is 4.76. The number of amides is 2. The van der Waals surface area contributed by atoms with Gasteiger partial charge in [0.15, 0.2) is 0 Å². The maximum atomic E-state index is 12.4. The molecule has 1 unspecified atom stereocenters. The number of nitrogens with one attached hydrogen (secondary N) is 1. The summed E-state index contributed by atoms with van der Waals surface area (Å²) in [4.78, 5) is 24.6. The highest BCUT2D eigenvalue weighted by Gasteiger charge is 2.42. The van der Waals surface area contributed by atoms with Gasteiger partial charge >= 0.3 is 0 Å². The van der Waals surface area contributed by atoms with Gasteiger partial charge in [0.2, 0.25) is 15.9 Å². The molecule has 1 heterocycles. The minimum Gasteiger partial charge on any atom is -0.348 e. The van der Waals surface area contributed by atoms with Crippen LogP contribution in [0.15, 0.2) is 48.5 Å². The van der Waals surface area contributed by atoms with Gasteiger partial charge in [-0.25, -0.2) is 12.7 Å². The second kappa shape index (κ2) is 6.92. The van der Waals surface area contributed by atoms with Crippen LogP contribution in [0.2, 0.25) is 0 Å². The monoisotopic (exact) mass is 372 g/mol. The molecule has 0 spiro atoms. The van der Waals surface area contributed by atoms with Gasteiger partial charge in [-0.2, -0.15) is 0 Å². The third-order valence-electron chi connectivity index (χ3n) is 4.40. The summed E-state index contributed by atoms with van der Waals surface area (Å²) in [5.41, 5.74) is 2.58. The summed E-state index contributed by atoms with van der Waals surface area (Å²) < 4.78 is 25.2. The van der Waals surface area contributed by atoms with Gasteiger partial charge < -0.3 is 5.32 Å². The number of carbonyl (C=O) groups is 2. The molecule has 0 saturated carbocycles. The van der Waals surface area contributed by atoms with Crippen molar-refractivity contribution in [3.63, 3.8) is 0 Å². The number of anilines is 1. The molecule has 7 heteroatoms. The van der Waals surface area contributed by atoms with Crippen LogP contribution in [-0.2, 0) is 21.4 Å². The quantitative estimate of drug-likeness (QED) is 0.892. The van der Waals surface area contributed by atoms with Crippen LogP contribution in [-0.4, -0.2) is 26.0 Å². The SMILES string of the molecule is Cc1ccccc1CNC(=O)c1cccc(N2C(=O)C(C)CS2(=O)=O)c1. The van der Waals surface area contributed by atoms with E-state index in [0.29, 0.717) is 12.1 Å². The van der Waals surface area contributed by atoms with E-state index in [-0.39, 0.29) is 17.3 Å². The summed E-state index contributed by atoms with van der Waals surface area (Å²) in [7, 11) is -3.69. The Hall–Kier alpha value is -2.67. The average Bonchev–Trinajstić information content (AvgIpc) is 2.81. The van der Waals surface area contributed by atoms with Crippen LogP contribution in [0.3, 0.4) is 0 Å². The Balaban J connectivity index is 1.80. The molecule has 0 aliphatic carbocycles. The topological polar surface area (TPSA) is 83.6 Å². The van der Waals surface area contributed by atoms with Crippen molar-refractivity contribution in [3.05, 3.63) is 65.2 Å². The molecule has 2 aromatic rings. The molecule has 1 aliphatic rings. The highest BCUT2D eigenvalue weighted by atomic mass is 32.2. The summed E-state index contributed by atoms with van der Waals surface area (Å²) in [5.74, 6) is -1.59. The van der Waals surface area contributed by atoms with Crippen molar-refractivity contribution in [2.75, 3.05) is 10.1 Å². The number of rotatable bonds is 4. The first-order valence-electron chi connectivity index (χ1n) is 8.29. The summed E-state index contributed by atoms with van der Waals surface area (Å²) in [5, 5.41) is 2.82. The number of hydrogen-bond donors (Lipinski definition) is 1. The first-order valence-corrected chi connectivity index (χ1v) is 9.90. The summed E-state index contributed by atoms with van der Waals surface area (Å²) in [6.07, 6.45) is 0. The van der Waals surface area contributed by atoms with Crippen molar-refractivity contribution in [3.8, 4) is 0 Å². The van der Waals surface area contributed by atoms with E-state index in [9.17, 15) is 18.0 Å². The van der Waals surface area contributed by atoms with Crippen molar-refractivity contribution in [2.24, 2.45) is 5.92 Å². The molecule has 26 heavy (non-hydrogen) atoms. The number of benzene rings is 2. The third kappa shape index (κ3) is 3.48. The predicted octanol–water partition coefficient (Wildman–Crippen LogP) is 2.24. The van der Waals surface area contributed by atoms with E-state index in [1.54, 1.807) is 19.1 Å². The van der Waals surface area contributed by atoms with Gasteiger partial charge in [-0.1, -0.05) is 37.3 Å². The zero-order valence-electron chi connectivity index (χ0n) is 14.6. The Bertz CT molecular complexity index is 969. The van der Waals surface area contributed by atoms with Crippen LogP contribution in [0.25, 0.3) is 0 Å². The Labute approximate surface area is 152 Å². The molecule has 2 amide bonds. The Morgan fingerprint density at radius 1 is 1.19 bits per heavy atom. The molecular weight excluding hydrogens is 352 g/mol. The number of sulfonamides is 1. The van der Waals surface area contributed by atoms with E-state index in [0.717, 1.165) is 15.4 Å². The van der Waals surface area contributed by atoms with Gasteiger partial charge in [0.05, 0.1) is 17.4 Å². The molecule has 0 bridgehead atoms. The van der Waals surface area contributed by atoms with Crippen LogP contribution < -0.4 is 9.62 Å². The molecule has 1 atom stereocenters. The molecule has 6 nitrogen and oxygen atoms in total. The fraction of sp³-hybridized carbons (Fsp3) is 0.263. The van der Waals surface area contributed by atoms with E-state index in [1.165, 1.54) is 12.1 Å². The molecule has 1 N–H and O–H groups in total. The van der Waals surface area contributed by atoms with E-state index >= 15 is 0 Å². The minimum atomic E-state index is -3.69. The maximum absolute atomic E-state index is 12.4. The number of nitrogens with zero attached hydrogens (tertiary/aromatic N) is 1. The number of carbonyl (C=O) groups excluding carboxylic acids is 2. The maximum Gasteiger partial charge on any atom is 0.251 e. The van der Waals surface area contributed by atoms with E-state index < -0.39 is 21.8 Å². The van der Waals surface area contributed by atoms with Crippen molar-refractivity contribution in [1.82, 2.24) is 5.32 Å². The van der Waals surface area contributed by atoms with Crippen LogP contribution in [0.4, 0.5) is 5.69 Å². The summed E-state index contributed by atoms with van der Waals surface area (Å²) in [6, 6.07) is 13.8. The van der Waals surface area contributed by atoms with Crippen molar-refractivity contribution in [1.29, 1.82) is 0 Å².